The van der Waals surface area contributed by atoms with Crippen LogP contribution in [-0.4, -0.2) is 36.7 Å². The molecule has 1 amide bonds. The minimum absolute atomic E-state index is 0.0982. The van der Waals surface area contributed by atoms with Gasteiger partial charge in [-0.3, -0.25) is 4.90 Å². The Hall–Kier alpha value is -1.55. The van der Waals surface area contributed by atoms with Crippen LogP contribution < -0.4 is 5.32 Å². The summed E-state index contributed by atoms with van der Waals surface area (Å²) in [5, 5.41) is 11.2. The molecule has 0 heterocycles. The first-order valence-corrected chi connectivity index (χ1v) is 7.24. The summed E-state index contributed by atoms with van der Waals surface area (Å²) in [5.74, 6) is 0.461. The molecule has 1 aliphatic rings. The average Bonchev–Trinajstić information content (AvgIpc) is 2.46. The monoisotopic (exact) mass is 276 g/mol. The number of amides is 1. The standard InChI is InChI=1S/C16H24N2O2/c1-18(2)16(14-6-4-3-5-7-14)10-8-13(9-11-16)12-17-15(19)20/h3-7,13,17H,8-12H2,1-2H3,(H,19,20). The van der Waals surface area contributed by atoms with E-state index in [1.807, 2.05) is 0 Å². The maximum Gasteiger partial charge on any atom is 0.404 e. The number of hydrogen-bond acceptors (Lipinski definition) is 2. The molecule has 1 aromatic carbocycles. The van der Waals surface area contributed by atoms with E-state index in [1.54, 1.807) is 0 Å². The van der Waals surface area contributed by atoms with E-state index in [-0.39, 0.29) is 5.54 Å². The molecular formula is C16H24N2O2. The normalized spacial score (nSPS) is 26.4. The van der Waals surface area contributed by atoms with E-state index < -0.39 is 6.09 Å². The van der Waals surface area contributed by atoms with E-state index in [0.29, 0.717) is 12.5 Å². The third-order valence-corrected chi connectivity index (χ3v) is 4.64. The lowest BCUT2D eigenvalue weighted by Crippen LogP contribution is -2.45. The van der Waals surface area contributed by atoms with E-state index >= 15 is 0 Å². The maximum absolute atomic E-state index is 10.6. The summed E-state index contributed by atoms with van der Waals surface area (Å²) >= 11 is 0. The van der Waals surface area contributed by atoms with Gasteiger partial charge in [0, 0.05) is 12.1 Å². The van der Waals surface area contributed by atoms with Crippen molar-refractivity contribution in [3.8, 4) is 0 Å². The fourth-order valence-electron chi connectivity index (χ4n) is 3.33. The summed E-state index contributed by atoms with van der Waals surface area (Å²) in [6.07, 6.45) is 3.37. The molecule has 0 aliphatic heterocycles. The van der Waals surface area contributed by atoms with Crippen LogP contribution in [0.1, 0.15) is 31.2 Å². The van der Waals surface area contributed by atoms with E-state index in [9.17, 15) is 4.79 Å². The topological polar surface area (TPSA) is 52.6 Å². The van der Waals surface area contributed by atoms with E-state index in [2.05, 4.69) is 54.6 Å². The molecule has 4 heteroatoms. The Kier molecular flexibility index (Phi) is 4.65. The molecule has 1 saturated carbocycles. The summed E-state index contributed by atoms with van der Waals surface area (Å²) in [5.41, 5.74) is 1.47. The zero-order valence-electron chi connectivity index (χ0n) is 12.3. The van der Waals surface area contributed by atoms with E-state index in [1.165, 1.54) is 5.56 Å². The molecule has 1 aliphatic carbocycles. The lowest BCUT2D eigenvalue weighted by atomic mass is 9.72. The zero-order chi connectivity index (χ0) is 14.6. The van der Waals surface area contributed by atoms with Gasteiger partial charge in [-0.1, -0.05) is 30.3 Å². The molecule has 1 fully saturated rings. The molecule has 0 atom stereocenters. The van der Waals surface area contributed by atoms with Gasteiger partial charge in [0.25, 0.3) is 0 Å². The van der Waals surface area contributed by atoms with Gasteiger partial charge in [-0.15, -0.1) is 0 Å². The number of benzene rings is 1. The number of rotatable bonds is 4. The largest absolute Gasteiger partial charge is 0.465 e. The molecule has 0 aromatic heterocycles. The lowest BCUT2D eigenvalue weighted by Gasteiger charge is -2.45. The van der Waals surface area contributed by atoms with Crippen molar-refractivity contribution in [2.24, 2.45) is 5.92 Å². The van der Waals surface area contributed by atoms with Crippen molar-refractivity contribution in [1.29, 1.82) is 0 Å². The number of nitrogens with one attached hydrogen (secondary N) is 1. The van der Waals surface area contributed by atoms with Gasteiger partial charge in [0.2, 0.25) is 0 Å². The van der Waals surface area contributed by atoms with Gasteiger partial charge in [-0.2, -0.15) is 0 Å². The van der Waals surface area contributed by atoms with Gasteiger partial charge >= 0.3 is 6.09 Å². The summed E-state index contributed by atoms with van der Waals surface area (Å²) in [6.45, 7) is 0.577. The van der Waals surface area contributed by atoms with Crippen LogP contribution in [0, 0.1) is 5.92 Å². The van der Waals surface area contributed by atoms with Crippen LogP contribution in [0.25, 0.3) is 0 Å². The van der Waals surface area contributed by atoms with Crippen LogP contribution >= 0.6 is 0 Å². The van der Waals surface area contributed by atoms with Gasteiger partial charge in [-0.05, 0) is 51.3 Å². The molecule has 0 unspecified atom stereocenters. The summed E-state index contributed by atoms with van der Waals surface area (Å²) in [6, 6.07) is 10.7. The number of nitrogens with zero attached hydrogens (tertiary/aromatic N) is 1. The van der Waals surface area contributed by atoms with Gasteiger partial charge in [-0.25, -0.2) is 4.79 Å². The van der Waals surface area contributed by atoms with Crippen molar-refractivity contribution in [1.82, 2.24) is 10.2 Å². The second-order valence-corrected chi connectivity index (χ2v) is 5.92. The van der Waals surface area contributed by atoms with E-state index in [0.717, 1.165) is 25.7 Å². The quantitative estimate of drug-likeness (QED) is 0.889. The average molecular weight is 276 g/mol. The van der Waals surface area contributed by atoms with Crippen LogP contribution in [0.4, 0.5) is 4.79 Å². The Morgan fingerprint density at radius 3 is 2.40 bits per heavy atom. The van der Waals surface area contributed by atoms with Gasteiger partial charge in [0.05, 0.1) is 0 Å². The minimum Gasteiger partial charge on any atom is -0.465 e. The van der Waals surface area contributed by atoms with Crippen LogP contribution in [0.2, 0.25) is 0 Å². The number of carbonyl (C=O) groups is 1. The second kappa shape index (κ2) is 6.27. The van der Waals surface area contributed by atoms with Crippen LogP contribution in [0.5, 0.6) is 0 Å². The van der Waals surface area contributed by atoms with Crippen molar-refractivity contribution < 1.29 is 9.90 Å². The first kappa shape index (κ1) is 14.9. The predicted molar refractivity (Wildman–Crippen MR) is 79.8 cm³/mol. The first-order valence-electron chi connectivity index (χ1n) is 7.24. The van der Waals surface area contributed by atoms with Crippen LogP contribution in [0.3, 0.4) is 0 Å². The molecule has 4 nitrogen and oxygen atoms in total. The molecule has 0 bridgehead atoms. The van der Waals surface area contributed by atoms with Gasteiger partial charge in [0.15, 0.2) is 0 Å². The highest BCUT2D eigenvalue weighted by Gasteiger charge is 2.38. The number of carboxylic acid groups (broad SMARTS) is 1. The Labute approximate surface area is 120 Å². The highest BCUT2D eigenvalue weighted by molar-refractivity contribution is 5.64. The molecule has 20 heavy (non-hydrogen) atoms. The molecular weight excluding hydrogens is 252 g/mol. The third kappa shape index (κ3) is 3.12. The van der Waals surface area contributed by atoms with Crippen LogP contribution in [-0.2, 0) is 5.54 Å². The van der Waals surface area contributed by atoms with Crippen molar-refractivity contribution >= 4 is 6.09 Å². The van der Waals surface area contributed by atoms with Crippen molar-refractivity contribution in [2.75, 3.05) is 20.6 Å². The summed E-state index contributed by atoms with van der Waals surface area (Å²) in [4.78, 5) is 12.9. The molecule has 0 radical (unpaired) electrons. The molecule has 1 aromatic rings. The minimum atomic E-state index is -0.919. The highest BCUT2D eigenvalue weighted by atomic mass is 16.4. The molecule has 0 saturated heterocycles. The van der Waals surface area contributed by atoms with Crippen molar-refractivity contribution in [2.45, 2.75) is 31.2 Å². The highest BCUT2D eigenvalue weighted by Crippen LogP contribution is 2.42. The Morgan fingerprint density at radius 2 is 1.90 bits per heavy atom. The van der Waals surface area contributed by atoms with Crippen molar-refractivity contribution in [3.63, 3.8) is 0 Å². The Morgan fingerprint density at radius 1 is 1.30 bits per heavy atom. The fraction of sp³-hybridized carbons (Fsp3) is 0.562. The number of hydrogen-bond donors (Lipinski definition) is 2. The smallest absolute Gasteiger partial charge is 0.404 e. The van der Waals surface area contributed by atoms with Crippen LogP contribution in [0.15, 0.2) is 30.3 Å². The zero-order valence-corrected chi connectivity index (χ0v) is 12.3. The van der Waals surface area contributed by atoms with Crippen molar-refractivity contribution in [3.05, 3.63) is 35.9 Å². The Bertz CT molecular complexity index is 437. The second-order valence-electron chi connectivity index (χ2n) is 5.92. The van der Waals surface area contributed by atoms with Gasteiger partial charge < -0.3 is 10.4 Å². The Balaban J connectivity index is 2.05. The molecule has 2 N–H and O–H groups in total. The SMILES string of the molecule is CN(C)C1(c2ccccc2)CCC(CNC(=O)O)CC1. The van der Waals surface area contributed by atoms with E-state index in [4.69, 9.17) is 5.11 Å². The fourth-order valence-corrected chi connectivity index (χ4v) is 3.33. The molecule has 0 spiro atoms. The predicted octanol–water partition coefficient (Wildman–Crippen LogP) is 2.90. The molecule has 2 rings (SSSR count). The summed E-state index contributed by atoms with van der Waals surface area (Å²) < 4.78 is 0. The van der Waals surface area contributed by atoms with Gasteiger partial charge in [0.1, 0.15) is 0 Å². The maximum atomic E-state index is 10.6. The lowest BCUT2D eigenvalue weighted by molar-refractivity contribution is 0.0769. The third-order valence-electron chi connectivity index (χ3n) is 4.64. The molecule has 110 valence electrons. The summed E-state index contributed by atoms with van der Waals surface area (Å²) in [7, 11) is 4.28. The first-order chi connectivity index (χ1) is 9.54.